The molecule has 1 aliphatic rings. The van der Waals surface area contributed by atoms with E-state index in [-0.39, 0.29) is 6.54 Å². The number of hydrogen-bond donors (Lipinski definition) is 1. The van der Waals surface area contributed by atoms with E-state index in [0.29, 0.717) is 0 Å². The maximum atomic E-state index is 12.1. The van der Waals surface area contributed by atoms with Gasteiger partial charge < -0.3 is 0 Å². The maximum Gasteiger partial charge on any atom is 0.331 e. The van der Waals surface area contributed by atoms with Gasteiger partial charge in [0.25, 0.3) is 0 Å². The molecule has 0 radical (unpaired) electrons. The third-order valence-electron chi connectivity index (χ3n) is 2.75. The largest absolute Gasteiger partial charge is 0.331 e. The molecule has 18 heavy (non-hydrogen) atoms. The van der Waals surface area contributed by atoms with E-state index in [9.17, 15) is 14.4 Å². The summed E-state index contributed by atoms with van der Waals surface area (Å²) < 4.78 is 0.905. The van der Waals surface area contributed by atoms with Gasteiger partial charge in [-0.3, -0.25) is 19.8 Å². The summed E-state index contributed by atoms with van der Waals surface area (Å²) in [5.74, 6) is -1.03. The van der Waals surface area contributed by atoms with E-state index in [1.165, 1.54) is 25.2 Å². The number of carbonyl (C=O) groups is 3. The molecule has 1 fully saturated rings. The molecule has 0 aromatic carbocycles. The SMILES string of the molecule is CC1(C)C(=O)NC(=O)N(Cc2cc(Br)cs2)C1=O. The third kappa shape index (κ3) is 2.20. The highest BCUT2D eigenvalue weighted by Crippen LogP contribution is 2.27. The highest BCUT2D eigenvalue weighted by molar-refractivity contribution is 9.10. The summed E-state index contributed by atoms with van der Waals surface area (Å²) in [5.41, 5.74) is -1.21. The van der Waals surface area contributed by atoms with Crippen molar-refractivity contribution in [3.05, 3.63) is 20.8 Å². The third-order valence-corrected chi connectivity index (χ3v) is 4.43. The molecule has 0 aliphatic carbocycles. The number of rotatable bonds is 2. The second-order valence-electron chi connectivity index (χ2n) is 4.51. The van der Waals surface area contributed by atoms with E-state index < -0.39 is 23.3 Å². The lowest BCUT2D eigenvalue weighted by Gasteiger charge is -2.34. The number of barbiturate groups is 1. The first-order valence-corrected chi connectivity index (χ1v) is 6.90. The molecular formula is C11H11BrN2O3S. The van der Waals surface area contributed by atoms with Crippen molar-refractivity contribution in [2.45, 2.75) is 20.4 Å². The van der Waals surface area contributed by atoms with Crippen LogP contribution in [0.4, 0.5) is 4.79 Å². The number of carbonyl (C=O) groups excluding carboxylic acids is 3. The van der Waals surface area contributed by atoms with Gasteiger partial charge in [-0.25, -0.2) is 4.79 Å². The Labute approximate surface area is 116 Å². The molecule has 0 atom stereocenters. The van der Waals surface area contributed by atoms with Gasteiger partial charge in [0.05, 0.1) is 6.54 Å². The standard InChI is InChI=1S/C11H11BrN2O3S/c1-11(2)8(15)13-10(17)14(9(11)16)4-7-3-6(12)5-18-7/h3,5H,4H2,1-2H3,(H,13,15,17). The molecule has 1 saturated heterocycles. The van der Waals surface area contributed by atoms with Gasteiger partial charge >= 0.3 is 6.03 Å². The monoisotopic (exact) mass is 330 g/mol. The van der Waals surface area contributed by atoms with Crippen molar-refractivity contribution < 1.29 is 14.4 Å². The van der Waals surface area contributed by atoms with Gasteiger partial charge in [0.1, 0.15) is 5.41 Å². The molecular weight excluding hydrogens is 320 g/mol. The van der Waals surface area contributed by atoms with Crippen LogP contribution in [0.3, 0.4) is 0 Å². The summed E-state index contributed by atoms with van der Waals surface area (Å²) in [5, 5.41) is 4.07. The molecule has 2 rings (SSSR count). The van der Waals surface area contributed by atoms with Crippen molar-refractivity contribution in [3.8, 4) is 0 Å². The molecule has 1 aliphatic heterocycles. The second kappa shape index (κ2) is 4.47. The number of amides is 4. The van der Waals surface area contributed by atoms with Gasteiger partial charge in [-0.05, 0) is 35.8 Å². The van der Waals surface area contributed by atoms with Crippen LogP contribution in [-0.4, -0.2) is 22.7 Å². The Kier molecular flexibility index (Phi) is 3.29. The summed E-state index contributed by atoms with van der Waals surface area (Å²) in [6.45, 7) is 3.19. The number of urea groups is 1. The van der Waals surface area contributed by atoms with Crippen LogP contribution in [0.25, 0.3) is 0 Å². The van der Waals surface area contributed by atoms with E-state index in [0.717, 1.165) is 14.2 Å². The van der Waals surface area contributed by atoms with Crippen LogP contribution in [0.1, 0.15) is 18.7 Å². The summed E-state index contributed by atoms with van der Waals surface area (Å²) in [4.78, 5) is 37.3. The predicted octanol–water partition coefficient (Wildman–Crippen LogP) is 2.12. The topological polar surface area (TPSA) is 66.5 Å². The summed E-state index contributed by atoms with van der Waals surface area (Å²) in [6, 6.07) is 1.18. The Morgan fingerprint density at radius 3 is 2.61 bits per heavy atom. The van der Waals surface area contributed by atoms with Crippen LogP contribution in [0.2, 0.25) is 0 Å². The Bertz CT molecular complexity index is 538. The zero-order chi connectivity index (χ0) is 13.5. The minimum atomic E-state index is -1.21. The highest BCUT2D eigenvalue weighted by Gasteiger charge is 2.46. The van der Waals surface area contributed by atoms with E-state index in [4.69, 9.17) is 0 Å². The van der Waals surface area contributed by atoms with Crippen LogP contribution in [0.15, 0.2) is 15.9 Å². The number of halogens is 1. The van der Waals surface area contributed by atoms with Crippen molar-refractivity contribution in [2.24, 2.45) is 5.41 Å². The van der Waals surface area contributed by atoms with Crippen LogP contribution >= 0.6 is 27.3 Å². The fraction of sp³-hybridized carbons (Fsp3) is 0.364. The van der Waals surface area contributed by atoms with Gasteiger partial charge in [0.2, 0.25) is 11.8 Å². The lowest BCUT2D eigenvalue weighted by Crippen LogP contribution is -2.61. The van der Waals surface area contributed by atoms with Gasteiger partial charge in [-0.15, -0.1) is 11.3 Å². The Morgan fingerprint density at radius 2 is 2.06 bits per heavy atom. The number of hydrogen-bond acceptors (Lipinski definition) is 4. The number of nitrogens with zero attached hydrogens (tertiary/aromatic N) is 1. The van der Waals surface area contributed by atoms with E-state index in [1.807, 2.05) is 11.4 Å². The van der Waals surface area contributed by atoms with E-state index in [2.05, 4.69) is 21.2 Å². The molecule has 0 spiro atoms. The first-order valence-electron chi connectivity index (χ1n) is 5.22. The second-order valence-corrected chi connectivity index (χ2v) is 6.42. The molecule has 4 amide bonds. The Morgan fingerprint density at radius 1 is 1.39 bits per heavy atom. The first-order chi connectivity index (χ1) is 8.32. The summed E-state index contributed by atoms with van der Waals surface area (Å²) in [6.07, 6.45) is 0. The zero-order valence-electron chi connectivity index (χ0n) is 9.82. The van der Waals surface area contributed by atoms with Crippen molar-refractivity contribution in [1.29, 1.82) is 0 Å². The van der Waals surface area contributed by atoms with Crippen molar-refractivity contribution in [3.63, 3.8) is 0 Å². The number of nitrogens with one attached hydrogen (secondary N) is 1. The average molecular weight is 331 g/mol. The van der Waals surface area contributed by atoms with E-state index >= 15 is 0 Å². The molecule has 2 heterocycles. The zero-order valence-corrected chi connectivity index (χ0v) is 12.2. The molecule has 7 heteroatoms. The fourth-order valence-corrected chi connectivity index (χ4v) is 3.02. The lowest BCUT2D eigenvalue weighted by atomic mass is 9.89. The molecule has 96 valence electrons. The van der Waals surface area contributed by atoms with Crippen molar-refractivity contribution in [1.82, 2.24) is 10.2 Å². The Balaban J connectivity index is 2.24. The average Bonchev–Trinajstić information content (AvgIpc) is 2.68. The Hall–Kier alpha value is -1.21. The molecule has 1 aromatic rings. The van der Waals surface area contributed by atoms with Crippen molar-refractivity contribution in [2.75, 3.05) is 0 Å². The van der Waals surface area contributed by atoms with Gasteiger partial charge in [-0.2, -0.15) is 0 Å². The highest BCUT2D eigenvalue weighted by atomic mass is 79.9. The fourth-order valence-electron chi connectivity index (χ4n) is 1.58. The maximum absolute atomic E-state index is 12.1. The van der Waals surface area contributed by atoms with Gasteiger partial charge in [-0.1, -0.05) is 0 Å². The lowest BCUT2D eigenvalue weighted by molar-refractivity contribution is -0.149. The number of imide groups is 2. The van der Waals surface area contributed by atoms with Crippen LogP contribution in [-0.2, 0) is 16.1 Å². The minimum Gasteiger partial charge on any atom is -0.277 e. The molecule has 0 bridgehead atoms. The molecule has 1 aromatic heterocycles. The first kappa shape index (κ1) is 13.2. The predicted molar refractivity (Wildman–Crippen MR) is 69.9 cm³/mol. The smallest absolute Gasteiger partial charge is 0.277 e. The molecule has 5 nitrogen and oxygen atoms in total. The van der Waals surface area contributed by atoms with Gasteiger partial charge in [0.15, 0.2) is 0 Å². The summed E-state index contributed by atoms with van der Waals surface area (Å²) in [7, 11) is 0. The van der Waals surface area contributed by atoms with Crippen LogP contribution in [0.5, 0.6) is 0 Å². The summed E-state index contributed by atoms with van der Waals surface area (Å²) >= 11 is 4.75. The molecule has 0 unspecified atom stereocenters. The number of thiophene rings is 1. The quantitative estimate of drug-likeness (QED) is 0.844. The minimum absolute atomic E-state index is 0.178. The normalized spacial score (nSPS) is 19.1. The van der Waals surface area contributed by atoms with Crippen LogP contribution in [0, 0.1) is 5.41 Å². The molecule has 1 N–H and O–H groups in total. The van der Waals surface area contributed by atoms with Crippen molar-refractivity contribution >= 4 is 45.1 Å². The van der Waals surface area contributed by atoms with Gasteiger partial charge in [0, 0.05) is 14.7 Å². The molecule has 0 saturated carbocycles. The van der Waals surface area contributed by atoms with Crippen LogP contribution < -0.4 is 5.32 Å². The van der Waals surface area contributed by atoms with E-state index in [1.54, 1.807) is 0 Å².